The van der Waals surface area contributed by atoms with Gasteiger partial charge in [-0.25, -0.2) is 14.4 Å². The molecule has 0 aromatic rings. The summed E-state index contributed by atoms with van der Waals surface area (Å²) in [5, 5.41) is 4.51. The standard InChI is InChI=1S/C17H30N2O8/c1-8-24-13(21)11(19-15(23)27-17(5,6)7)10-25-12(20)9-18-14(22)26-16(2,3)4/h11H,8-10H2,1-7H3,(H,18,22)(H,19,23)/t11-/m0/s1. The zero-order chi connectivity index (χ0) is 21.3. The van der Waals surface area contributed by atoms with Crippen molar-refractivity contribution in [3.8, 4) is 0 Å². The molecule has 10 heteroatoms. The van der Waals surface area contributed by atoms with E-state index in [0.29, 0.717) is 0 Å². The van der Waals surface area contributed by atoms with Crippen molar-refractivity contribution in [3.63, 3.8) is 0 Å². The highest BCUT2D eigenvalue weighted by molar-refractivity contribution is 5.82. The number of rotatable bonds is 7. The number of nitrogens with one attached hydrogen (secondary N) is 2. The van der Waals surface area contributed by atoms with E-state index in [1.165, 1.54) is 0 Å². The van der Waals surface area contributed by atoms with Crippen LogP contribution in [0.4, 0.5) is 9.59 Å². The highest BCUT2D eigenvalue weighted by Gasteiger charge is 2.27. The molecule has 0 aromatic carbocycles. The molecular weight excluding hydrogens is 360 g/mol. The van der Waals surface area contributed by atoms with Crippen LogP contribution in [-0.4, -0.2) is 61.1 Å². The second-order valence-corrected chi connectivity index (χ2v) is 7.49. The molecule has 2 N–H and O–H groups in total. The van der Waals surface area contributed by atoms with Gasteiger partial charge in [0.1, 0.15) is 24.4 Å². The van der Waals surface area contributed by atoms with E-state index in [0.717, 1.165) is 0 Å². The third kappa shape index (κ3) is 13.4. The Labute approximate surface area is 159 Å². The average molecular weight is 390 g/mol. The summed E-state index contributed by atoms with van der Waals surface area (Å²) in [5.41, 5.74) is -1.47. The molecule has 1 atom stereocenters. The summed E-state index contributed by atoms with van der Waals surface area (Å²) in [6, 6.07) is -1.25. The lowest BCUT2D eigenvalue weighted by Crippen LogP contribution is -2.47. The van der Waals surface area contributed by atoms with Crippen LogP contribution in [0.25, 0.3) is 0 Å². The van der Waals surface area contributed by atoms with E-state index in [1.807, 2.05) is 0 Å². The molecule has 0 spiro atoms. The topological polar surface area (TPSA) is 129 Å². The van der Waals surface area contributed by atoms with Gasteiger partial charge in [0, 0.05) is 0 Å². The van der Waals surface area contributed by atoms with Crippen LogP contribution < -0.4 is 10.6 Å². The maximum absolute atomic E-state index is 11.9. The van der Waals surface area contributed by atoms with Crippen LogP contribution in [0.15, 0.2) is 0 Å². The molecule has 27 heavy (non-hydrogen) atoms. The zero-order valence-corrected chi connectivity index (χ0v) is 17.0. The van der Waals surface area contributed by atoms with E-state index in [2.05, 4.69) is 10.6 Å². The third-order valence-electron chi connectivity index (χ3n) is 2.45. The Balaban J connectivity index is 4.58. The lowest BCUT2D eigenvalue weighted by atomic mass is 10.2. The minimum atomic E-state index is -1.25. The first-order valence-electron chi connectivity index (χ1n) is 8.52. The maximum atomic E-state index is 11.9. The monoisotopic (exact) mass is 390 g/mol. The zero-order valence-electron chi connectivity index (χ0n) is 17.0. The summed E-state index contributed by atoms with van der Waals surface area (Å²) < 4.78 is 19.8. The molecule has 0 aliphatic carbocycles. The van der Waals surface area contributed by atoms with Gasteiger partial charge in [-0.3, -0.25) is 4.79 Å². The molecule has 0 saturated carbocycles. The first-order valence-corrected chi connectivity index (χ1v) is 8.52. The van der Waals surface area contributed by atoms with Crippen LogP contribution in [0, 0.1) is 0 Å². The van der Waals surface area contributed by atoms with Crippen molar-refractivity contribution in [3.05, 3.63) is 0 Å². The number of amides is 2. The number of esters is 2. The van der Waals surface area contributed by atoms with Crippen molar-refractivity contribution in [1.82, 2.24) is 10.6 Å². The summed E-state index contributed by atoms with van der Waals surface area (Å²) in [6.07, 6.45) is -1.64. The fraction of sp³-hybridized carbons (Fsp3) is 0.765. The van der Waals surface area contributed by atoms with E-state index < -0.39 is 54.5 Å². The summed E-state index contributed by atoms with van der Waals surface area (Å²) in [4.78, 5) is 46.9. The van der Waals surface area contributed by atoms with Gasteiger partial charge in [-0.15, -0.1) is 0 Å². The van der Waals surface area contributed by atoms with Crippen LogP contribution in [0.1, 0.15) is 48.5 Å². The van der Waals surface area contributed by atoms with E-state index in [9.17, 15) is 19.2 Å². The molecule has 0 bridgehead atoms. The molecule has 0 aromatic heterocycles. The van der Waals surface area contributed by atoms with Gasteiger partial charge in [0.25, 0.3) is 0 Å². The Kier molecular flexibility index (Phi) is 9.60. The van der Waals surface area contributed by atoms with E-state index in [-0.39, 0.29) is 6.61 Å². The molecule has 0 heterocycles. The third-order valence-corrected chi connectivity index (χ3v) is 2.45. The summed E-state index contributed by atoms with van der Waals surface area (Å²) in [7, 11) is 0. The minimum Gasteiger partial charge on any atom is -0.464 e. The van der Waals surface area contributed by atoms with Crippen molar-refractivity contribution in [2.45, 2.75) is 65.7 Å². The molecule has 2 amide bonds. The van der Waals surface area contributed by atoms with Crippen LogP contribution >= 0.6 is 0 Å². The van der Waals surface area contributed by atoms with Gasteiger partial charge in [-0.2, -0.15) is 0 Å². The number of hydrogen-bond acceptors (Lipinski definition) is 8. The molecule has 0 aliphatic rings. The average Bonchev–Trinajstić information content (AvgIpc) is 2.46. The van der Waals surface area contributed by atoms with E-state index in [1.54, 1.807) is 48.5 Å². The van der Waals surface area contributed by atoms with E-state index >= 15 is 0 Å². The molecule has 0 unspecified atom stereocenters. The Morgan fingerprint density at radius 3 is 1.85 bits per heavy atom. The van der Waals surface area contributed by atoms with Crippen LogP contribution in [0.5, 0.6) is 0 Å². The summed E-state index contributed by atoms with van der Waals surface area (Å²) in [6.45, 7) is 10.8. The highest BCUT2D eigenvalue weighted by Crippen LogP contribution is 2.07. The van der Waals surface area contributed by atoms with Gasteiger partial charge < -0.3 is 29.6 Å². The van der Waals surface area contributed by atoms with Gasteiger partial charge in [0.15, 0.2) is 6.04 Å². The van der Waals surface area contributed by atoms with Crippen molar-refractivity contribution in [2.75, 3.05) is 19.8 Å². The summed E-state index contributed by atoms with van der Waals surface area (Å²) >= 11 is 0. The Morgan fingerprint density at radius 2 is 1.37 bits per heavy atom. The first-order chi connectivity index (χ1) is 12.2. The number of alkyl carbamates (subject to hydrolysis) is 2. The van der Waals surface area contributed by atoms with Crippen molar-refractivity contribution in [2.24, 2.45) is 0 Å². The maximum Gasteiger partial charge on any atom is 0.408 e. The predicted molar refractivity (Wildman–Crippen MR) is 95.0 cm³/mol. The van der Waals surface area contributed by atoms with Gasteiger partial charge >= 0.3 is 24.1 Å². The molecule has 0 fully saturated rings. The Hall–Kier alpha value is -2.52. The molecule has 10 nitrogen and oxygen atoms in total. The van der Waals surface area contributed by atoms with Gasteiger partial charge in [-0.05, 0) is 48.5 Å². The molecule has 156 valence electrons. The van der Waals surface area contributed by atoms with Crippen molar-refractivity contribution >= 4 is 24.1 Å². The van der Waals surface area contributed by atoms with Gasteiger partial charge in [0.05, 0.1) is 6.61 Å². The van der Waals surface area contributed by atoms with Crippen molar-refractivity contribution < 1.29 is 38.1 Å². The fourth-order valence-corrected chi connectivity index (χ4v) is 1.55. The second-order valence-electron chi connectivity index (χ2n) is 7.49. The number of ether oxygens (including phenoxy) is 4. The van der Waals surface area contributed by atoms with E-state index in [4.69, 9.17) is 18.9 Å². The smallest absolute Gasteiger partial charge is 0.408 e. The Bertz CT molecular complexity index is 534. The fourth-order valence-electron chi connectivity index (χ4n) is 1.55. The molecule has 0 radical (unpaired) electrons. The molecular formula is C17H30N2O8. The minimum absolute atomic E-state index is 0.0828. The predicted octanol–water partition coefficient (Wildman–Crippen LogP) is 1.51. The van der Waals surface area contributed by atoms with Gasteiger partial charge in [-0.1, -0.05) is 0 Å². The van der Waals surface area contributed by atoms with Crippen LogP contribution in [-0.2, 0) is 28.5 Å². The molecule has 0 aliphatic heterocycles. The highest BCUT2D eigenvalue weighted by atomic mass is 16.6. The van der Waals surface area contributed by atoms with Crippen molar-refractivity contribution in [1.29, 1.82) is 0 Å². The number of carbonyl (C=O) groups is 4. The quantitative estimate of drug-likeness (QED) is 0.494. The van der Waals surface area contributed by atoms with Crippen LogP contribution in [0.2, 0.25) is 0 Å². The first kappa shape index (κ1) is 24.5. The molecule has 0 rings (SSSR count). The Morgan fingerprint density at radius 1 is 0.852 bits per heavy atom. The van der Waals surface area contributed by atoms with Crippen LogP contribution in [0.3, 0.4) is 0 Å². The SMILES string of the molecule is CCOC(=O)[C@H](COC(=O)CNC(=O)OC(C)(C)C)NC(=O)OC(C)(C)C. The number of carbonyl (C=O) groups excluding carboxylic acids is 4. The lowest BCUT2D eigenvalue weighted by Gasteiger charge is -2.22. The van der Waals surface area contributed by atoms with Gasteiger partial charge in [0.2, 0.25) is 0 Å². The normalized spacial score (nSPS) is 12.4. The molecule has 0 saturated heterocycles. The lowest BCUT2D eigenvalue weighted by molar-refractivity contribution is -0.151. The summed E-state index contributed by atoms with van der Waals surface area (Å²) in [5.74, 6) is -1.60. The number of hydrogen-bond donors (Lipinski definition) is 2. The largest absolute Gasteiger partial charge is 0.464 e. The second kappa shape index (κ2) is 10.6.